The number of benzene rings is 4. The van der Waals surface area contributed by atoms with Crippen LogP contribution < -0.4 is 39.0 Å². The van der Waals surface area contributed by atoms with E-state index in [9.17, 15) is 73.0 Å². The minimum Gasteiger partial charge on any atom is -0.494 e. The zero-order valence-corrected chi connectivity index (χ0v) is 42.2. The van der Waals surface area contributed by atoms with Crippen molar-refractivity contribution in [1.82, 2.24) is 20.0 Å². The quantitative estimate of drug-likeness (QED) is 0.0165. The van der Waals surface area contributed by atoms with Crippen LogP contribution in [0.2, 0.25) is 15.1 Å². The molecule has 1 aromatic heterocycles. The number of carboxylic acids is 3. The maximum atomic E-state index is 12.6. The van der Waals surface area contributed by atoms with Gasteiger partial charge in [-0.1, -0.05) is 46.9 Å². The number of halogens is 10. The van der Waals surface area contributed by atoms with Crippen LogP contribution in [0.25, 0.3) is 0 Å². The van der Waals surface area contributed by atoms with Crippen molar-refractivity contribution < 1.29 is 117 Å². The lowest BCUT2D eigenvalue weighted by Crippen LogP contribution is -2.35. The number of nitro groups is 1. The molecule has 0 aliphatic rings. The highest BCUT2D eigenvalue weighted by atomic mass is 35.5. The molecule has 77 heavy (non-hydrogen) atoms. The first-order chi connectivity index (χ1) is 35.7. The number of amides is 2. The van der Waals surface area contributed by atoms with Gasteiger partial charge in [0, 0.05) is 12.1 Å². The molecule has 2 amide bonds. The first-order valence-electron chi connectivity index (χ1n) is 19.8. The third-order valence-corrected chi connectivity index (χ3v) is 10.9. The van der Waals surface area contributed by atoms with E-state index in [1.807, 2.05) is 0 Å². The fourth-order valence-corrected chi connectivity index (χ4v) is 7.25. The van der Waals surface area contributed by atoms with Gasteiger partial charge < -0.3 is 48.8 Å². The molecule has 1 heterocycles. The second kappa shape index (κ2) is 29.7. The Kier molecular flexibility index (Phi) is 25.3. The van der Waals surface area contributed by atoms with E-state index in [-0.39, 0.29) is 55.9 Å². The first kappa shape index (κ1) is 65.6. The second-order valence-corrected chi connectivity index (χ2v) is 18.0. The van der Waals surface area contributed by atoms with Gasteiger partial charge in [-0.05, 0) is 55.5 Å². The fourth-order valence-electron chi connectivity index (χ4n) is 5.05. The summed E-state index contributed by atoms with van der Waals surface area (Å²) >= 11 is 17.2. The summed E-state index contributed by atoms with van der Waals surface area (Å²) in [5, 5.41) is 40.6. The largest absolute Gasteiger partial charge is 0.494 e. The van der Waals surface area contributed by atoms with Crippen LogP contribution in [-0.4, -0.2) is 112 Å². The Balaban J connectivity index is 0.000000382. The molecule has 0 atom stereocenters. The maximum absolute atomic E-state index is 12.6. The van der Waals surface area contributed by atoms with Gasteiger partial charge in [-0.2, -0.15) is 40.7 Å². The van der Waals surface area contributed by atoms with Crippen LogP contribution in [0.15, 0.2) is 83.8 Å². The highest BCUT2D eigenvalue weighted by Gasteiger charge is 2.31. The van der Waals surface area contributed by atoms with Gasteiger partial charge in [0.15, 0.2) is 5.75 Å². The number of aromatic carboxylic acids is 2. The number of methoxy groups -OCH3 is 1. The third kappa shape index (κ3) is 22.7. The number of sulfonamides is 1. The van der Waals surface area contributed by atoms with E-state index in [1.54, 1.807) is 12.2 Å². The summed E-state index contributed by atoms with van der Waals surface area (Å²) in [6.07, 6.45) is -5.11. The topological polar surface area (TPSA) is 372 Å². The minimum absolute atomic E-state index is 0.0111. The third-order valence-electron chi connectivity index (χ3n) is 7.94. The zero-order chi connectivity index (χ0) is 58.6. The number of rotatable bonds is 19. The van der Waals surface area contributed by atoms with E-state index in [0.717, 1.165) is 30.3 Å². The normalized spacial score (nSPS) is 11.0. The summed E-state index contributed by atoms with van der Waals surface area (Å²) in [4.78, 5) is 76.0. The van der Waals surface area contributed by atoms with Gasteiger partial charge >= 0.3 is 56.6 Å². The average Bonchev–Trinajstić information content (AvgIpc) is 3.29. The molecule has 37 heteroatoms. The first-order valence-corrected chi connectivity index (χ1v) is 24.2. The summed E-state index contributed by atoms with van der Waals surface area (Å²) in [6, 6.07) is 12.5. The summed E-state index contributed by atoms with van der Waals surface area (Å²) in [5.74, 6) is -6.56. The van der Waals surface area contributed by atoms with E-state index >= 15 is 0 Å². The standard InChI is InChI=1S/C15H11ClF3NO4.C14H10F4N4O7S.C8H6Cl2O3.C3H8NO5P/c1-2-23-14-8-10(4-5-12(14)20(21)22)24-13-6-3-9(7-11(13)16)15(17,18)19;15-11(16)28-8-5-9(29-12(17)18)20-13(19-8)21-14(25)22-30(26,27)7-4-2-1-3-6(7)10(23)24;1-13-7-5(10)3-2-4(9)6(7)8(11)12;5-3(6)1-4-2-10(7,8)9/h3-8H,2H2,1H3;1-5,11-12H,(H,23,24)(H2,19,20,21,22,25);2-3H,1H3,(H,11,12);4H,1-2H2,(H,5,6)(H2,7,8,9). The highest BCUT2D eigenvalue weighted by molar-refractivity contribution is 7.90. The number of ether oxygens (including phenoxy) is 5. The van der Waals surface area contributed by atoms with Crippen molar-refractivity contribution >= 4 is 88.0 Å². The van der Waals surface area contributed by atoms with E-state index in [2.05, 4.69) is 24.8 Å². The number of carbonyl (C=O) groups is 4. The number of nitrogens with one attached hydrogen (secondary N) is 3. The van der Waals surface area contributed by atoms with Crippen molar-refractivity contribution in [2.45, 2.75) is 31.2 Å². The molecule has 0 bridgehead atoms. The van der Waals surface area contributed by atoms with Crippen LogP contribution in [0.4, 0.5) is 47.2 Å². The maximum Gasteiger partial charge on any atom is 0.416 e. The molecule has 0 unspecified atom stereocenters. The number of hydrogen-bond acceptors (Lipinski definition) is 17. The lowest BCUT2D eigenvalue weighted by molar-refractivity contribution is -0.385. The Morgan fingerprint density at radius 3 is 1.87 bits per heavy atom. The number of aromatic nitrogens is 2. The summed E-state index contributed by atoms with van der Waals surface area (Å²) in [6.45, 7) is -5.40. The Hall–Kier alpha value is -7.52. The fraction of sp³-hybridized carbons (Fsp3) is 0.200. The van der Waals surface area contributed by atoms with Gasteiger partial charge in [0.05, 0.1) is 63.7 Å². The van der Waals surface area contributed by atoms with Crippen molar-refractivity contribution in [1.29, 1.82) is 0 Å². The number of carboxylic acid groups (broad SMARTS) is 3. The molecule has 0 spiro atoms. The molecule has 25 nitrogen and oxygen atoms in total. The molecule has 0 saturated heterocycles. The van der Waals surface area contributed by atoms with Crippen molar-refractivity contribution in [3.8, 4) is 34.8 Å². The van der Waals surface area contributed by atoms with Crippen LogP contribution >= 0.6 is 42.4 Å². The predicted octanol–water partition coefficient (Wildman–Crippen LogP) is 8.84. The number of anilines is 1. The van der Waals surface area contributed by atoms with Crippen molar-refractivity contribution in [3.05, 3.63) is 121 Å². The van der Waals surface area contributed by atoms with Gasteiger partial charge in [0.2, 0.25) is 23.5 Å². The van der Waals surface area contributed by atoms with E-state index in [0.29, 0.717) is 6.07 Å². The van der Waals surface area contributed by atoms with Crippen molar-refractivity contribution in [2.24, 2.45) is 0 Å². The SMILES string of the molecule is CCOc1cc(Oc2ccc(C(F)(F)F)cc2Cl)ccc1[N+](=O)[O-].COc1c(Cl)ccc(Cl)c1C(=O)O.O=C(Nc1nc(OC(F)F)cc(OC(F)F)n1)NS(=O)(=O)c1ccccc1C(=O)O.O=C(O)CNCP(=O)(O)O. The molecule has 0 fully saturated rings. The number of hydrogen-bond donors (Lipinski definition) is 8. The molecule has 0 aliphatic carbocycles. The van der Waals surface area contributed by atoms with Crippen LogP contribution in [0.5, 0.6) is 34.8 Å². The van der Waals surface area contributed by atoms with Crippen LogP contribution in [0, 0.1) is 10.1 Å². The smallest absolute Gasteiger partial charge is 0.416 e. The van der Waals surface area contributed by atoms with Crippen LogP contribution in [0.3, 0.4) is 0 Å². The number of carbonyl (C=O) groups excluding carboxylic acids is 1. The van der Waals surface area contributed by atoms with Crippen LogP contribution in [-0.2, 0) is 25.6 Å². The Labute approximate surface area is 441 Å². The molecule has 5 rings (SSSR count). The Morgan fingerprint density at radius 1 is 0.818 bits per heavy atom. The average molecular weight is 1210 g/mol. The van der Waals surface area contributed by atoms with E-state index in [4.69, 9.17) is 74.1 Å². The lowest BCUT2D eigenvalue weighted by Gasteiger charge is -2.12. The molecule has 4 aromatic carbocycles. The zero-order valence-electron chi connectivity index (χ0n) is 38.2. The summed E-state index contributed by atoms with van der Waals surface area (Å²) in [5.41, 5.74) is -1.91. The van der Waals surface area contributed by atoms with Gasteiger partial charge in [-0.25, -0.2) is 27.5 Å². The summed E-state index contributed by atoms with van der Waals surface area (Å²) < 4.78 is 146. The molecule has 5 aromatic rings. The monoisotopic (exact) mass is 1200 g/mol. The molecule has 0 saturated carbocycles. The predicted molar refractivity (Wildman–Crippen MR) is 251 cm³/mol. The van der Waals surface area contributed by atoms with Gasteiger partial charge in [-0.3, -0.25) is 30.1 Å². The van der Waals surface area contributed by atoms with Crippen LogP contribution in [0.1, 0.15) is 33.2 Å². The van der Waals surface area contributed by atoms with E-state index < -0.39 is 112 Å². The molecule has 0 radical (unpaired) electrons. The molecule has 0 aliphatic heterocycles. The second-order valence-electron chi connectivity index (χ2n) is 13.4. The molecule has 420 valence electrons. The van der Waals surface area contributed by atoms with Crippen molar-refractivity contribution in [2.75, 3.05) is 31.9 Å². The minimum atomic E-state index is -4.71. The lowest BCUT2D eigenvalue weighted by atomic mass is 10.2. The van der Waals surface area contributed by atoms with Gasteiger partial charge in [0.1, 0.15) is 22.0 Å². The Morgan fingerprint density at radius 2 is 1.40 bits per heavy atom. The van der Waals surface area contributed by atoms with Gasteiger partial charge in [0.25, 0.3) is 10.0 Å². The highest BCUT2D eigenvalue weighted by Crippen LogP contribution is 2.39. The van der Waals surface area contributed by atoms with Crippen molar-refractivity contribution in [3.63, 3.8) is 0 Å². The number of nitrogens with zero attached hydrogens (tertiary/aromatic N) is 3. The number of urea groups is 1. The Bertz CT molecular complexity index is 3050. The molecular formula is C40H35Cl3F7N6O19PS. The number of nitro benzene ring substituents is 1. The number of aliphatic carboxylic acids is 1. The number of alkyl halides is 7. The molecular weight excluding hydrogens is 1170 g/mol. The van der Waals surface area contributed by atoms with Gasteiger partial charge in [-0.15, -0.1) is 0 Å². The molecule has 8 N–H and O–H groups in total. The van der Waals surface area contributed by atoms with E-state index in [1.165, 1.54) is 54.3 Å². The summed E-state index contributed by atoms with van der Waals surface area (Å²) in [7, 11) is -7.47.